The minimum atomic E-state index is -0.679. The van der Waals surface area contributed by atoms with Gasteiger partial charge in [-0.15, -0.1) is 0 Å². The summed E-state index contributed by atoms with van der Waals surface area (Å²) in [5, 5.41) is 11.5. The van der Waals surface area contributed by atoms with Gasteiger partial charge in [-0.1, -0.05) is 5.92 Å². The monoisotopic (exact) mass is 351 g/mol. The summed E-state index contributed by atoms with van der Waals surface area (Å²) < 4.78 is 5.98. The fraction of sp³-hybridized carbons (Fsp3) is 0.381. The van der Waals surface area contributed by atoms with Gasteiger partial charge in [0.25, 0.3) is 0 Å². The molecule has 2 N–H and O–H groups in total. The van der Waals surface area contributed by atoms with Gasteiger partial charge >= 0.3 is 0 Å². The molecule has 0 saturated carbocycles. The van der Waals surface area contributed by atoms with Crippen molar-refractivity contribution < 1.29 is 9.84 Å². The topological polar surface area (TPSA) is 61.4 Å². The molecule has 2 aromatic heterocycles. The van der Waals surface area contributed by atoms with E-state index in [9.17, 15) is 5.11 Å². The number of H-pyrrole nitrogens is 1. The second kappa shape index (κ2) is 7.77. The molecule has 0 radical (unpaired) electrons. The van der Waals surface area contributed by atoms with Gasteiger partial charge in [-0.3, -0.25) is 0 Å². The lowest BCUT2D eigenvalue weighted by atomic mass is 10.1. The molecule has 5 heteroatoms. The number of pyridine rings is 1. The van der Waals surface area contributed by atoms with Crippen molar-refractivity contribution >= 4 is 21.8 Å². The molecule has 1 unspecified atom stereocenters. The summed E-state index contributed by atoms with van der Waals surface area (Å²) in [6.45, 7) is 5.39. The Kier molecular flexibility index (Phi) is 5.46. The number of ether oxygens (including phenoxy) is 1. The van der Waals surface area contributed by atoms with Gasteiger partial charge in [0.05, 0.1) is 17.6 Å². The molecule has 5 nitrogen and oxygen atoms in total. The van der Waals surface area contributed by atoms with Gasteiger partial charge in [0, 0.05) is 29.6 Å². The third-order valence-electron chi connectivity index (χ3n) is 4.21. The van der Waals surface area contributed by atoms with E-state index in [1.54, 1.807) is 13.1 Å². The normalized spacial score (nSPS) is 12.4. The SMILES string of the molecule is Cc1cc2c(cc1OCCCN(C)C)[nH]c1ccnc(C#CC(C)O)c12. The Labute approximate surface area is 154 Å². The zero-order valence-corrected chi connectivity index (χ0v) is 15.8. The average Bonchev–Trinajstić information content (AvgIpc) is 2.94. The molecular weight excluding hydrogens is 326 g/mol. The molecule has 26 heavy (non-hydrogen) atoms. The highest BCUT2D eigenvalue weighted by Gasteiger charge is 2.12. The number of aromatic nitrogens is 2. The molecule has 3 rings (SSSR count). The molecule has 136 valence electrons. The smallest absolute Gasteiger partial charge is 0.124 e. The molecular formula is C21H25N3O2. The number of aliphatic hydroxyl groups excluding tert-OH is 1. The Hall–Kier alpha value is -2.55. The van der Waals surface area contributed by atoms with E-state index >= 15 is 0 Å². The third kappa shape index (κ3) is 3.98. The maximum atomic E-state index is 9.44. The van der Waals surface area contributed by atoms with Crippen LogP contribution in [0.25, 0.3) is 21.8 Å². The Balaban J connectivity index is 1.97. The highest BCUT2D eigenvalue weighted by molar-refractivity contribution is 6.10. The lowest BCUT2D eigenvalue weighted by molar-refractivity contribution is 0.253. The lowest BCUT2D eigenvalue weighted by Gasteiger charge is -2.12. The second-order valence-electron chi connectivity index (χ2n) is 6.82. The van der Waals surface area contributed by atoms with Crippen LogP contribution in [0.2, 0.25) is 0 Å². The van der Waals surface area contributed by atoms with Crippen LogP contribution in [-0.4, -0.2) is 53.3 Å². The number of hydrogen-bond donors (Lipinski definition) is 2. The standard InChI is InChI=1S/C21H25N3O2/c1-14-12-16-19(13-20(14)26-11-5-10-24(3)4)23-18-8-9-22-17(21(16)18)7-6-15(2)25/h8-9,12-13,15,23,25H,5,10-11H2,1-4H3. The fourth-order valence-corrected chi connectivity index (χ4v) is 2.97. The summed E-state index contributed by atoms with van der Waals surface area (Å²) in [4.78, 5) is 9.97. The molecule has 0 spiro atoms. The molecule has 0 aliphatic heterocycles. The van der Waals surface area contributed by atoms with Crippen molar-refractivity contribution in [2.24, 2.45) is 0 Å². The highest BCUT2D eigenvalue weighted by atomic mass is 16.5. The van der Waals surface area contributed by atoms with Crippen LogP contribution < -0.4 is 4.74 Å². The van der Waals surface area contributed by atoms with E-state index in [2.05, 4.69) is 53.8 Å². The number of rotatable bonds is 5. The predicted octanol–water partition coefficient (Wildman–Crippen LogP) is 3.09. The number of aromatic amines is 1. The minimum absolute atomic E-state index is 0.675. The summed E-state index contributed by atoms with van der Waals surface area (Å²) >= 11 is 0. The van der Waals surface area contributed by atoms with Gasteiger partial charge in [-0.2, -0.15) is 0 Å². The first-order valence-electron chi connectivity index (χ1n) is 8.84. The largest absolute Gasteiger partial charge is 0.493 e. The van der Waals surface area contributed by atoms with Crippen LogP contribution in [0.4, 0.5) is 0 Å². The Morgan fingerprint density at radius 2 is 2.12 bits per heavy atom. The maximum absolute atomic E-state index is 9.44. The van der Waals surface area contributed by atoms with Crippen molar-refractivity contribution in [2.45, 2.75) is 26.4 Å². The van der Waals surface area contributed by atoms with Gasteiger partial charge < -0.3 is 19.7 Å². The van der Waals surface area contributed by atoms with Crippen molar-refractivity contribution in [3.05, 3.63) is 35.7 Å². The highest BCUT2D eigenvalue weighted by Crippen LogP contribution is 2.32. The van der Waals surface area contributed by atoms with Gasteiger partial charge in [0.15, 0.2) is 0 Å². The van der Waals surface area contributed by atoms with E-state index in [-0.39, 0.29) is 0 Å². The number of nitrogens with zero attached hydrogens (tertiary/aromatic N) is 2. The zero-order valence-electron chi connectivity index (χ0n) is 15.8. The second-order valence-corrected chi connectivity index (χ2v) is 6.82. The molecule has 0 amide bonds. The number of aryl methyl sites for hydroxylation is 1. The zero-order chi connectivity index (χ0) is 18.7. The number of benzene rings is 1. The minimum Gasteiger partial charge on any atom is -0.493 e. The first kappa shape index (κ1) is 18.2. The van der Waals surface area contributed by atoms with Gasteiger partial charge in [0.1, 0.15) is 17.5 Å². The van der Waals surface area contributed by atoms with E-state index in [0.29, 0.717) is 12.3 Å². The Morgan fingerprint density at radius 1 is 1.31 bits per heavy atom. The first-order chi connectivity index (χ1) is 12.5. The molecule has 1 atom stereocenters. The summed E-state index contributed by atoms with van der Waals surface area (Å²) in [6.07, 6.45) is 2.04. The van der Waals surface area contributed by atoms with E-state index in [0.717, 1.165) is 46.1 Å². The molecule has 0 aliphatic carbocycles. The van der Waals surface area contributed by atoms with E-state index in [1.165, 1.54) is 0 Å². The third-order valence-corrected chi connectivity index (χ3v) is 4.21. The molecule has 0 saturated heterocycles. The fourth-order valence-electron chi connectivity index (χ4n) is 2.97. The van der Waals surface area contributed by atoms with Crippen LogP contribution in [0.5, 0.6) is 5.75 Å². The summed E-state index contributed by atoms with van der Waals surface area (Å²) in [5.41, 5.74) is 3.74. The number of fused-ring (bicyclic) bond motifs is 3. The van der Waals surface area contributed by atoms with Gasteiger partial charge in [-0.05, 0) is 58.0 Å². The summed E-state index contributed by atoms with van der Waals surface area (Å²) in [6, 6.07) is 6.10. The Morgan fingerprint density at radius 3 is 2.85 bits per heavy atom. The van der Waals surface area contributed by atoms with Crippen molar-refractivity contribution in [1.82, 2.24) is 14.9 Å². The number of hydrogen-bond acceptors (Lipinski definition) is 4. The van der Waals surface area contributed by atoms with Crippen LogP contribution in [0.15, 0.2) is 24.4 Å². The van der Waals surface area contributed by atoms with Crippen molar-refractivity contribution in [3.63, 3.8) is 0 Å². The van der Waals surface area contributed by atoms with Crippen molar-refractivity contribution in [3.8, 4) is 17.6 Å². The van der Waals surface area contributed by atoms with Gasteiger partial charge in [0.2, 0.25) is 0 Å². The predicted molar refractivity (Wildman–Crippen MR) is 106 cm³/mol. The average molecular weight is 351 g/mol. The van der Waals surface area contributed by atoms with Crippen LogP contribution in [0.3, 0.4) is 0 Å². The number of nitrogens with one attached hydrogen (secondary N) is 1. The maximum Gasteiger partial charge on any atom is 0.124 e. The number of aliphatic hydroxyl groups is 1. The molecule has 0 aliphatic rings. The van der Waals surface area contributed by atoms with E-state index < -0.39 is 6.10 Å². The summed E-state index contributed by atoms with van der Waals surface area (Å²) in [5.74, 6) is 6.66. The van der Waals surface area contributed by atoms with Gasteiger partial charge in [-0.25, -0.2) is 4.98 Å². The van der Waals surface area contributed by atoms with Crippen LogP contribution >= 0.6 is 0 Å². The molecule has 0 fully saturated rings. The quantitative estimate of drug-likeness (QED) is 0.548. The van der Waals surface area contributed by atoms with Crippen LogP contribution in [0, 0.1) is 18.8 Å². The van der Waals surface area contributed by atoms with Crippen LogP contribution in [0.1, 0.15) is 24.6 Å². The van der Waals surface area contributed by atoms with Crippen molar-refractivity contribution in [2.75, 3.05) is 27.2 Å². The summed E-state index contributed by atoms with van der Waals surface area (Å²) in [7, 11) is 4.13. The molecule has 0 bridgehead atoms. The molecule has 1 aromatic carbocycles. The van der Waals surface area contributed by atoms with Crippen LogP contribution in [-0.2, 0) is 0 Å². The lowest BCUT2D eigenvalue weighted by Crippen LogP contribution is -2.15. The van der Waals surface area contributed by atoms with E-state index in [4.69, 9.17) is 4.74 Å². The molecule has 3 aromatic rings. The first-order valence-corrected chi connectivity index (χ1v) is 8.84. The van der Waals surface area contributed by atoms with Crippen molar-refractivity contribution in [1.29, 1.82) is 0 Å². The van der Waals surface area contributed by atoms with E-state index in [1.807, 2.05) is 12.1 Å². The Bertz CT molecular complexity index is 977. The molecule has 2 heterocycles.